The van der Waals surface area contributed by atoms with Gasteiger partial charge in [0, 0.05) is 24.3 Å². The zero-order valence-electron chi connectivity index (χ0n) is 9.79. The molecular weight excluding hydrogens is 241 g/mol. The Balaban J connectivity index is 0.00000144. The molecule has 17 heavy (non-hydrogen) atoms. The largest absolute Gasteiger partial charge is 0.396 e. The van der Waals surface area contributed by atoms with Gasteiger partial charge in [0.2, 0.25) is 0 Å². The highest BCUT2D eigenvalue weighted by molar-refractivity contribution is 5.85. The van der Waals surface area contributed by atoms with Crippen LogP contribution in [0.25, 0.3) is 0 Å². The quantitative estimate of drug-likeness (QED) is 0.852. The summed E-state index contributed by atoms with van der Waals surface area (Å²) in [5.41, 5.74) is 0.753. The lowest BCUT2D eigenvalue weighted by atomic mass is 9.74. The van der Waals surface area contributed by atoms with Crippen LogP contribution in [0.15, 0.2) is 24.3 Å². The summed E-state index contributed by atoms with van der Waals surface area (Å²) in [6.07, 6.45) is 4.13. The van der Waals surface area contributed by atoms with E-state index in [1.807, 2.05) is 6.07 Å². The minimum absolute atomic E-state index is 0. The molecule has 0 amide bonds. The first-order chi connectivity index (χ1) is 7.76. The Hall–Kier alpha value is -0.640. The molecule has 0 heterocycles. The summed E-state index contributed by atoms with van der Waals surface area (Å²) in [4.78, 5) is 0. The minimum Gasteiger partial charge on any atom is -0.396 e. The molecule has 0 aromatic heterocycles. The Kier molecular flexibility index (Phi) is 5.37. The number of rotatable bonds is 5. The highest BCUT2D eigenvalue weighted by Gasteiger charge is 2.35. The van der Waals surface area contributed by atoms with E-state index >= 15 is 0 Å². The van der Waals surface area contributed by atoms with E-state index in [0.717, 1.165) is 19.3 Å². The number of halogens is 2. The van der Waals surface area contributed by atoms with E-state index in [-0.39, 0.29) is 30.4 Å². The zero-order valence-corrected chi connectivity index (χ0v) is 10.6. The number of hydrogen-bond donors (Lipinski definition) is 2. The lowest BCUT2D eigenvalue weighted by molar-refractivity contribution is 0.129. The highest BCUT2D eigenvalue weighted by Crippen LogP contribution is 2.34. The molecule has 0 bridgehead atoms. The first kappa shape index (κ1) is 14.4. The average molecular weight is 260 g/mol. The monoisotopic (exact) mass is 259 g/mol. The van der Waals surface area contributed by atoms with Crippen LogP contribution in [0.4, 0.5) is 4.39 Å². The zero-order chi connectivity index (χ0) is 11.4. The summed E-state index contributed by atoms with van der Waals surface area (Å²) in [5, 5.41) is 12.4. The molecule has 0 spiro atoms. The van der Waals surface area contributed by atoms with Crippen LogP contribution < -0.4 is 5.32 Å². The van der Waals surface area contributed by atoms with Crippen molar-refractivity contribution in [1.29, 1.82) is 0 Å². The van der Waals surface area contributed by atoms with Gasteiger partial charge >= 0.3 is 0 Å². The van der Waals surface area contributed by atoms with Crippen molar-refractivity contribution < 1.29 is 9.50 Å². The van der Waals surface area contributed by atoms with E-state index in [1.165, 1.54) is 12.5 Å². The third-order valence-corrected chi connectivity index (χ3v) is 3.51. The van der Waals surface area contributed by atoms with Gasteiger partial charge in [0.25, 0.3) is 0 Å². The smallest absolute Gasteiger partial charge is 0.127 e. The molecule has 1 fully saturated rings. The lowest BCUT2D eigenvalue weighted by Crippen LogP contribution is -2.51. The third kappa shape index (κ3) is 3.41. The maximum absolute atomic E-state index is 13.4. The first-order valence-electron chi connectivity index (χ1n) is 5.85. The molecule has 96 valence electrons. The van der Waals surface area contributed by atoms with Crippen molar-refractivity contribution in [1.82, 2.24) is 5.32 Å². The summed E-state index contributed by atoms with van der Waals surface area (Å²) in [6, 6.07) is 6.83. The maximum Gasteiger partial charge on any atom is 0.127 e. The third-order valence-electron chi connectivity index (χ3n) is 3.51. The van der Waals surface area contributed by atoms with Gasteiger partial charge in [-0.1, -0.05) is 18.2 Å². The summed E-state index contributed by atoms with van der Waals surface area (Å²) in [7, 11) is 0. The minimum atomic E-state index is -0.159. The second kappa shape index (κ2) is 6.34. The molecule has 1 aliphatic rings. The number of nitrogens with one attached hydrogen (secondary N) is 1. The van der Waals surface area contributed by atoms with Crippen LogP contribution in [0.5, 0.6) is 0 Å². The Morgan fingerprint density at radius 3 is 2.53 bits per heavy atom. The second-order valence-corrected chi connectivity index (χ2v) is 4.55. The highest BCUT2D eigenvalue weighted by atomic mass is 35.5. The standard InChI is InChI=1S/C13H18FNO.ClH/c14-12-5-2-1-4-11(12)10-15-13(8-9-16)6-3-7-13;/h1-2,4-5,15-16H,3,6-10H2;1H. The molecule has 1 saturated carbocycles. The summed E-state index contributed by atoms with van der Waals surface area (Å²) in [5.74, 6) is -0.159. The molecule has 2 rings (SSSR count). The van der Waals surface area contributed by atoms with Crippen LogP contribution in [0.3, 0.4) is 0 Å². The van der Waals surface area contributed by atoms with Crippen LogP contribution in [-0.4, -0.2) is 17.3 Å². The Bertz CT molecular complexity index is 355. The first-order valence-corrected chi connectivity index (χ1v) is 5.85. The molecule has 1 aromatic carbocycles. The average Bonchev–Trinajstić information content (AvgIpc) is 2.24. The van der Waals surface area contributed by atoms with Gasteiger partial charge in [0.1, 0.15) is 5.82 Å². The van der Waals surface area contributed by atoms with Crippen molar-refractivity contribution in [2.75, 3.05) is 6.61 Å². The van der Waals surface area contributed by atoms with Gasteiger partial charge in [-0.2, -0.15) is 0 Å². The van der Waals surface area contributed by atoms with E-state index in [1.54, 1.807) is 12.1 Å². The molecular formula is C13H19ClFNO. The van der Waals surface area contributed by atoms with Gasteiger partial charge in [-0.3, -0.25) is 0 Å². The van der Waals surface area contributed by atoms with Crippen molar-refractivity contribution in [3.63, 3.8) is 0 Å². The van der Waals surface area contributed by atoms with Gasteiger partial charge in [-0.25, -0.2) is 4.39 Å². The molecule has 4 heteroatoms. The summed E-state index contributed by atoms with van der Waals surface area (Å²) in [6.45, 7) is 0.747. The molecule has 0 radical (unpaired) electrons. The molecule has 2 N–H and O–H groups in total. The molecule has 0 saturated heterocycles. The SMILES string of the molecule is Cl.OCCC1(NCc2ccccc2F)CCC1. The molecule has 1 aliphatic carbocycles. The molecule has 2 nitrogen and oxygen atoms in total. The Morgan fingerprint density at radius 2 is 2.00 bits per heavy atom. The molecule has 1 aromatic rings. The lowest BCUT2D eigenvalue weighted by Gasteiger charge is -2.42. The topological polar surface area (TPSA) is 32.3 Å². The van der Waals surface area contributed by atoms with Crippen molar-refractivity contribution in [3.05, 3.63) is 35.6 Å². The Morgan fingerprint density at radius 1 is 1.29 bits per heavy atom. The van der Waals surface area contributed by atoms with Crippen LogP contribution in [0, 0.1) is 5.82 Å². The fraction of sp³-hybridized carbons (Fsp3) is 0.538. The van der Waals surface area contributed by atoms with Gasteiger partial charge in [0.15, 0.2) is 0 Å². The predicted molar refractivity (Wildman–Crippen MR) is 68.8 cm³/mol. The fourth-order valence-corrected chi connectivity index (χ4v) is 2.26. The van der Waals surface area contributed by atoms with Crippen LogP contribution >= 0.6 is 12.4 Å². The van der Waals surface area contributed by atoms with E-state index in [4.69, 9.17) is 5.11 Å². The van der Waals surface area contributed by atoms with E-state index in [0.29, 0.717) is 12.1 Å². The van der Waals surface area contributed by atoms with Gasteiger partial charge in [-0.15, -0.1) is 12.4 Å². The van der Waals surface area contributed by atoms with Crippen molar-refractivity contribution >= 4 is 12.4 Å². The number of hydrogen-bond acceptors (Lipinski definition) is 2. The molecule has 0 unspecified atom stereocenters. The molecule has 0 aliphatic heterocycles. The Labute approximate surface area is 108 Å². The number of benzene rings is 1. The van der Waals surface area contributed by atoms with Gasteiger partial charge in [-0.05, 0) is 31.7 Å². The summed E-state index contributed by atoms with van der Waals surface area (Å²) < 4.78 is 13.4. The van der Waals surface area contributed by atoms with Gasteiger partial charge < -0.3 is 10.4 Å². The van der Waals surface area contributed by atoms with E-state index in [9.17, 15) is 4.39 Å². The molecule has 0 atom stereocenters. The fourth-order valence-electron chi connectivity index (χ4n) is 2.26. The van der Waals surface area contributed by atoms with Crippen molar-refractivity contribution in [3.8, 4) is 0 Å². The number of aliphatic hydroxyl groups is 1. The van der Waals surface area contributed by atoms with Gasteiger partial charge in [0.05, 0.1) is 0 Å². The normalized spacial score (nSPS) is 17.1. The van der Waals surface area contributed by atoms with Crippen LogP contribution in [0.1, 0.15) is 31.2 Å². The van der Waals surface area contributed by atoms with Crippen molar-refractivity contribution in [2.45, 2.75) is 37.8 Å². The van der Waals surface area contributed by atoms with Crippen LogP contribution in [-0.2, 0) is 6.54 Å². The number of aliphatic hydroxyl groups excluding tert-OH is 1. The second-order valence-electron chi connectivity index (χ2n) is 4.55. The maximum atomic E-state index is 13.4. The van der Waals surface area contributed by atoms with E-state index < -0.39 is 0 Å². The van der Waals surface area contributed by atoms with Crippen molar-refractivity contribution in [2.24, 2.45) is 0 Å². The summed E-state index contributed by atoms with van der Waals surface area (Å²) >= 11 is 0. The van der Waals surface area contributed by atoms with E-state index in [2.05, 4.69) is 5.32 Å². The predicted octanol–water partition coefficient (Wildman–Crippen LogP) is 2.64. The van der Waals surface area contributed by atoms with Crippen LogP contribution in [0.2, 0.25) is 0 Å².